The first-order chi connectivity index (χ1) is 10.3. The van der Waals surface area contributed by atoms with E-state index < -0.39 is 0 Å². The molecule has 0 radical (unpaired) electrons. The Balaban J connectivity index is 1.93. The van der Waals surface area contributed by atoms with Crippen LogP contribution in [0.25, 0.3) is 0 Å². The molecule has 0 saturated carbocycles. The van der Waals surface area contributed by atoms with Crippen LogP contribution in [-0.2, 0) is 0 Å². The van der Waals surface area contributed by atoms with E-state index in [0.717, 1.165) is 58.0 Å². The van der Waals surface area contributed by atoms with Gasteiger partial charge in [0.25, 0.3) is 0 Å². The van der Waals surface area contributed by atoms with E-state index >= 15 is 0 Å². The third-order valence-corrected chi connectivity index (χ3v) is 4.08. The van der Waals surface area contributed by atoms with Crippen LogP contribution in [-0.4, -0.2) is 57.3 Å². The van der Waals surface area contributed by atoms with Crippen molar-refractivity contribution in [2.24, 2.45) is 0 Å². The van der Waals surface area contributed by atoms with Crippen molar-refractivity contribution < 1.29 is 0 Å². The van der Waals surface area contributed by atoms with Gasteiger partial charge in [-0.05, 0) is 24.6 Å². The van der Waals surface area contributed by atoms with Crippen molar-refractivity contribution >= 4 is 5.69 Å². The Kier molecular flexibility index (Phi) is 6.95. The highest BCUT2D eigenvalue weighted by molar-refractivity contribution is 5.40. The number of nitrogens with one attached hydrogen (secondary N) is 3. The fourth-order valence-corrected chi connectivity index (χ4v) is 2.66. The van der Waals surface area contributed by atoms with Crippen LogP contribution in [0.1, 0.15) is 18.5 Å². The maximum Gasteiger partial charge on any atom is 0.0320 e. The number of rotatable bonds is 2. The molecule has 1 unspecified atom stereocenters. The molecule has 5 heteroatoms. The smallest absolute Gasteiger partial charge is 0.0320 e. The van der Waals surface area contributed by atoms with Gasteiger partial charge in [-0.15, -0.1) is 0 Å². The summed E-state index contributed by atoms with van der Waals surface area (Å²) >= 11 is 0. The van der Waals surface area contributed by atoms with Crippen molar-refractivity contribution in [2.45, 2.75) is 13.0 Å². The number of nitrogen functional groups attached to an aromatic ring is 1. The molecule has 21 heavy (non-hydrogen) atoms. The van der Waals surface area contributed by atoms with E-state index in [2.05, 4.69) is 39.9 Å². The molecule has 0 spiro atoms. The number of nitrogens with two attached hydrogens (primary N) is 1. The topological polar surface area (TPSA) is 65.3 Å². The zero-order chi connectivity index (χ0) is 14.9. The monoisotopic (exact) mass is 291 g/mol. The SMILES string of the molecule is CC(c1ccc(N)cc1)N1CCNCCNCCNCC1. The Labute approximate surface area is 128 Å². The van der Waals surface area contributed by atoms with Gasteiger partial charge < -0.3 is 21.7 Å². The number of benzene rings is 1. The number of hydrogen-bond acceptors (Lipinski definition) is 5. The van der Waals surface area contributed by atoms with Gasteiger partial charge in [0, 0.05) is 64.1 Å². The van der Waals surface area contributed by atoms with Crippen molar-refractivity contribution in [1.29, 1.82) is 0 Å². The molecule has 0 amide bonds. The van der Waals surface area contributed by atoms with Crippen molar-refractivity contribution in [3.05, 3.63) is 29.8 Å². The zero-order valence-electron chi connectivity index (χ0n) is 13.1. The fraction of sp³-hybridized carbons (Fsp3) is 0.625. The van der Waals surface area contributed by atoms with Crippen LogP contribution >= 0.6 is 0 Å². The zero-order valence-corrected chi connectivity index (χ0v) is 13.1. The molecule has 1 aromatic rings. The number of hydrogen-bond donors (Lipinski definition) is 4. The highest BCUT2D eigenvalue weighted by atomic mass is 15.2. The molecule has 0 aliphatic carbocycles. The highest BCUT2D eigenvalue weighted by Gasteiger charge is 2.15. The molecule has 1 saturated heterocycles. The average molecular weight is 291 g/mol. The summed E-state index contributed by atoms with van der Waals surface area (Å²) in [4.78, 5) is 2.53. The third kappa shape index (κ3) is 5.63. The van der Waals surface area contributed by atoms with E-state index in [0.29, 0.717) is 6.04 Å². The van der Waals surface area contributed by atoms with Crippen LogP contribution in [0, 0.1) is 0 Å². The van der Waals surface area contributed by atoms with Gasteiger partial charge in [-0.3, -0.25) is 4.90 Å². The number of anilines is 1. The summed E-state index contributed by atoms with van der Waals surface area (Å²) in [5, 5.41) is 10.4. The maximum absolute atomic E-state index is 5.78. The summed E-state index contributed by atoms with van der Waals surface area (Å²) in [5.74, 6) is 0. The number of nitrogens with zero attached hydrogens (tertiary/aromatic N) is 1. The largest absolute Gasteiger partial charge is 0.399 e. The van der Waals surface area contributed by atoms with Gasteiger partial charge in [-0.25, -0.2) is 0 Å². The Bertz CT molecular complexity index is 380. The lowest BCUT2D eigenvalue weighted by atomic mass is 10.1. The minimum absolute atomic E-state index is 0.412. The van der Waals surface area contributed by atoms with Gasteiger partial charge in [0.05, 0.1) is 0 Å². The second kappa shape index (κ2) is 9.00. The molecule has 1 atom stereocenters. The fourth-order valence-electron chi connectivity index (χ4n) is 2.66. The summed E-state index contributed by atoms with van der Waals surface area (Å²) in [5.41, 5.74) is 7.94. The minimum atomic E-state index is 0.412. The van der Waals surface area contributed by atoms with Crippen LogP contribution < -0.4 is 21.7 Å². The van der Waals surface area contributed by atoms with Gasteiger partial charge in [-0.1, -0.05) is 12.1 Å². The van der Waals surface area contributed by atoms with Gasteiger partial charge in [0.2, 0.25) is 0 Å². The van der Waals surface area contributed by atoms with Crippen LogP contribution in [0.4, 0.5) is 5.69 Å². The molecule has 1 fully saturated rings. The molecule has 1 heterocycles. The second-order valence-electron chi connectivity index (χ2n) is 5.63. The van der Waals surface area contributed by atoms with Crippen LogP contribution in [0.5, 0.6) is 0 Å². The van der Waals surface area contributed by atoms with Gasteiger partial charge in [-0.2, -0.15) is 0 Å². The van der Waals surface area contributed by atoms with Crippen molar-refractivity contribution in [3.63, 3.8) is 0 Å². The third-order valence-electron chi connectivity index (χ3n) is 4.08. The summed E-state index contributed by atoms with van der Waals surface area (Å²) < 4.78 is 0. The normalized spacial score (nSPS) is 21.2. The Hall–Kier alpha value is -1.14. The van der Waals surface area contributed by atoms with E-state index in [4.69, 9.17) is 5.73 Å². The maximum atomic E-state index is 5.78. The lowest BCUT2D eigenvalue weighted by Crippen LogP contribution is -2.42. The van der Waals surface area contributed by atoms with E-state index in [1.165, 1.54) is 5.56 Å². The predicted molar refractivity (Wildman–Crippen MR) is 89.5 cm³/mol. The molecule has 2 rings (SSSR count). The molecule has 0 bridgehead atoms. The Morgan fingerprint density at radius 3 is 1.86 bits per heavy atom. The van der Waals surface area contributed by atoms with Gasteiger partial charge >= 0.3 is 0 Å². The quantitative estimate of drug-likeness (QED) is 0.595. The van der Waals surface area contributed by atoms with Crippen LogP contribution in [0.2, 0.25) is 0 Å². The van der Waals surface area contributed by atoms with E-state index in [1.807, 2.05) is 12.1 Å². The van der Waals surface area contributed by atoms with Crippen LogP contribution in [0.15, 0.2) is 24.3 Å². The van der Waals surface area contributed by atoms with E-state index in [1.54, 1.807) is 0 Å². The summed E-state index contributed by atoms with van der Waals surface area (Å²) in [6, 6.07) is 8.67. The average Bonchev–Trinajstić information content (AvgIpc) is 2.48. The summed E-state index contributed by atoms with van der Waals surface area (Å²) in [7, 11) is 0. The summed E-state index contributed by atoms with van der Waals surface area (Å²) in [6.07, 6.45) is 0. The van der Waals surface area contributed by atoms with Crippen molar-refractivity contribution in [3.8, 4) is 0 Å². The molecule has 1 aliphatic heterocycles. The Morgan fingerprint density at radius 1 is 0.857 bits per heavy atom. The van der Waals surface area contributed by atoms with Crippen molar-refractivity contribution in [2.75, 3.05) is 58.1 Å². The standard InChI is InChI=1S/C16H29N5/c1-14(15-2-4-16(17)5-3-15)21-12-10-19-8-6-18-7-9-20-11-13-21/h2-5,14,18-20H,6-13,17H2,1H3. The van der Waals surface area contributed by atoms with E-state index in [-0.39, 0.29) is 0 Å². The summed E-state index contributed by atoms with van der Waals surface area (Å²) in [6.45, 7) is 10.6. The van der Waals surface area contributed by atoms with E-state index in [9.17, 15) is 0 Å². The Morgan fingerprint density at radius 2 is 1.33 bits per heavy atom. The predicted octanol–water partition coefficient (Wildman–Crippen LogP) is 0.414. The van der Waals surface area contributed by atoms with Gasteiger partial charge in [0.1, 0.15) is 0 Å². The lowest BCUT2D eigenvalue weighted by molar-refractivity contribution is 0.210. The molecule has 1 aromatic carbocycles. The molecular formula is C16H29N5. The first kappa shape index (κ1) is 16.2. The van der Waals surface area contributed by atoms with Crippen molar-refractivity contribution in [1.82, 2.24) is 20.9 Å². The van der Waals surface area contributed by atoms with Gasteiger partial charge in [0.15, 0.2) is 0 Å². The molecule has 5 N–H and O–H groups in total. The first-order valence-corrected chi connectivity index (χ1v) is 7.99. The second-order valence-corrected chi connectivity index (χ2v) is 5.63. The molecule has 0 aromatic heterocycles. The first-order valence-electron chi connectivity index (χ1n) is 7.99. The van der Waals surface area contributed by atoms with Crippen LogP contribution in [0.3, 0.4) is 0 Å². The lowest BCUT2D eigenvalue weighted by Gasteiger charge is -2.30. The molecular weight excluding hydrogens is 262 g/mol. The molecule has 118 valence electrons. The highest BCUT2D eigenvalue weighted by Crippen LogP contribution is 2.20. The molecule has 1 aliphatic rings. The minimum Gasteiger partial charge on any atom is -0.399 e. The molecule has 5 nitrogen and oxygen atoms in total.